The van der Waals surface area contributed by atoms with E-state index in [1.807, 2.05) is 0 Å². The first-order valence-electron chi connectivity index (χ1n) is 8.50. The molecule has 0 fully saturated rings. The highest BCUT2D eigenvalue weighted by molar-refractivity contribution is 9.09. The van der Waals surface area contributed by atoms with Crippen LogP contribution in [0.4, 0.5) is 11.4 Å². The third kappa shape index (κ3) is 4.90. The van der Waals surface area contributed by atoms with Crippen LogP contribution in [0.3, 0.4) is 0 Å². The highest BCUT2D eigenvalue weighted by atomic mass is 79.9. The van der Waals surface area contributed by atoms with Gasteiger partial charge in [0.05, 0.1) is 19.6 Å². The standard InChI is InChI=1S/C18H16Br2Cl2N2O6S/c1-17(2,19)13-11(7-5-9(15(13)21)23(25)26)31(29,30)12-8-6-10(24(27)28)16(22)14(12)18(3,4)20/h5-8H,1-4H3. The summed E-state index contributed by atoms with van der Waals surface area (Å²) in [5.41, 5.74) is -0.941. The van der Waals surface area contributed by atoms with Crippen molar-refractivity contribution in [1.82, 2.24) is 0 Å². The second kappa shape index (κ2) is 8.58. The molecule has 0 aromatic heterocycles. The number of nitrogens with zero attached hydrogens (tertiary/aromatic N) is 2. The largest absolute Gasteiger partial charge is 0.288 e. The summed E-state index contributed by atoms with van der Waals surface area (Å²) in [7, 11) is -4.37. The summed E-state index contributed by atoms with van der Waals surface area (Å²) < 4.78 is 25.3. The van der Waals surface area contributed by atoms with Gasteiger partial charge in [0.25, 0.3) is 11.4 Å². The quantitative estimate of drug-likeness (QED) is 0.197. The number of hydrogen-bond acceptors (Lipinski definition) is 6. The van der Waals surface area contributed by atoms with Crippen molar-refractivity contribution in [3.8, 4) is 0 Å². The van der Waals surface area contributed by atoms with Crippen molar-refractivity contribution in [3.05, 3.63) is 65.7 Å². The Hall–Kier alpha value is -1.27. The van der Waals surface area contributed by atoms with Crippen molar-refractivity contribution < 1.29 is 18.3 Å². The molecule has 2 aromatic rings. The molecule has 0 unspecified atom stereocenters. The molecule has 0 saturated carbocycles. The van der Waals surface area contributed by atoms with Crippen LogP contribution in [0.5, 0.6) is 0 Å². The fraction of sp³-hybridized carbons (Fsp3) is 0.333. The molecule has 0 saturated heterocycles. The lowest BCUT2D eigenvalue weighted by Gasteiger charge is -2.25. The molecule has 0 atom stereocenters. The molecule has 2 rings (SSSR count). The highest BCUT2D eigenvalue weighted by Gasteiger charge is 2.39. The molecule has 0 aliphatic heterocycles. The Morgan fingerprint density at radius 1 is 0.774 bits per heavy atom. The number of rotatable bonds is 6. The molecule has 2 aromatic carbocycles. The van der Waals surface area contributed by atoms with Crippen LogP contribution in [0.25, 0.3) is 0 Å². The van der Waals surface area contributed by atoms with E-state index >= 15 is 0 Å². The van der Waals surface area contributed by atoms with Gasteiger partial charge in [-0.2, -0.15) is 0 Å². The minimum Gasteiger partial charge on any atom is -0.258 e. The first kappa shape index (κ1) is 26.0. The van der Waals surface area contributed by atoms with Crippen molar-refractivity contribution in [3.63, 3.8) is 0 Å². The molecule has 0 aliphatic rings. The average molecular weight is 619 g/mol. The smallest absolute Gasteiger partial charge is 0.258 e. The maximum Gasteiger partial charge on any atom is 0.288 e. The third-order valence-corrected chi connectivity index (χ3v) is 7.72. The minimum atomic E-state index is -4.37. The Morgan fingerprint density at radius 3 is 1.29 bits per heavy atom. The zero-order valence-electron chi connectivity index (χ0n) is 16.6. The van der Waals surface area contributed by atoms with E-state index in [0.717, 1.165) is 24.3 Å². The molecule has 0 radical (unpaired) electrons. The first-order chi connectivity index (χ1) is 13.9. The molecular formula is C18H16Br2Cl2N2O6S. The first-order valence-corrected chi connectivity index (χ1v) is 12.3. The highest BCUT2D eigenvalue weighted by Crippen LogP contribution is 2.48. The van der Waals surface area contributed by atoms with E-state index in [1.165, 1.54) is 0 Å². The molecular weight excluding hydrogens is 603 g/mol. The molecule has 13 heteroatoms. The fourth-order valence-electron chi connectivity index (χ4n) is 3.05. The topological polar surface area (TPSA) is 120 Å². The van der Waals surface area contributed by atoms with Gasteiger partial charge in [-0.25, -0.2) is 8.42 Å². The Balaban J connectivity index is 3.02. The van der Waals surface area contributed by atoms with Crippen LogP contribution >= 0.6 is 55.1 Å². The van der Waals surface area contributed by atoms with Crippen molar-refractivity contribution in [2.45, 2.75) is 46.1 Å². The summed E-state index contributed by atoms with van der Waals surface area (Å²) in [6.45, 7) is 6.37. The van der Waals surface area contributed by atoms with Crippen molar-refractivity contribution >= 4 is 76.3 Å². The maximum atomic E-state index is 13.7. The predicted molar refractivity (Wildman–Crippen MR) is 126 cm³/mol. The van der Waals surface area contributed by atoms with E-state index in [9.17, 15) is 28.6 Å². The predicted octanol–water partition coefficient (Wildman–Crippen LogP) is 6.90. The summed E-state index contributed by atoms with van der Waals surface area (Å²) in [6, 6.07) is 4.20. The van der Waals surface area contributed by atoms with Crippen molar-refractivity contribution in [1.29, 1.82) is 0 Å². The Kier molecular flexibility index (Phi) is 7.20. The molecule has 0 aliphatic carbocycles. The van der Waals surface area contributed by atoms with Crippen molar-refractivity contribution in [2.24, 2.45) is 0 Å². The number of nitro benzene ring substituents is 2. The molecule has 0 N–H and O–H groups in total. The number of alkyl halides is 2. The summed E-state index contributed by atoms with van der Waals surface area (Å²) in [4.78, 5) is 20.7. The second-order valence-corrected chi connectivity index (χ2v) is 14.1. The number of hydrogen-bond donors (Lipinski definition) is 0. The average Bonchev–Trinajstić information content (AvgIpc) is 2.58. The normalized spacial score (nSPS) is 12.6. The Bertz CT molecular complexity index is 1120. The van der Waals surface area contributed by atoms with Gasteiger partial charge >= 0.3 is 0 Å². The fourth-order valence-corrected chi connectivity index (χ4v) is 7.40. The lowest BCUT2D eigenvalue weighted by Crippen LogP contribution is -2.20. The van der Waals surface area contributed by atoms with Gasteiger partial charge in [-0.05, 0) is 39.8 Å². The second-order valence-electron chi connectivity index (χ2n) is 7.51. The van der Waals surface area contributed by atoms with Crippen LogP contribution in [0.1, 0.15) is 38.8 Å². The van der Waals surface area contributed by atoms with Gasteiger partial charge in [0.15, 0.2) is 0 Å². The number of nitro groups is 2. The van der Waals surface area contributed by atoms with E-state index in [1.54, 1.807) is 27.7 Å². The van der Waals surface area contributed by atoms with Gasteiger partial charge in [-0.1, -0.05) is 55.1 Å². The van der Waals surface area contributed by atoms with E-state index in [2.05, 4.69) is 31.9 Å². The van der Waals surface area contributed by atoms with Crippen LogP contribution in [0.2, 0.25) is 10.0 Å². The number of sulfone groups is 1. The van der Waals surface area contributed by atoms with E-state index in [4.69, 9.17) is 23.2 Å². The summed E-state index contributed by atoms with van der Waals surface area (Å²) in [6.07, 6.45) is 0. The number of benzene rings is 2. The summed E-state index contributed by atoms with van der Waals surface area (Å²) in [5, 5.41) is 22.0. The SMILES string of the molecule is CC(C)(Br)c1c(S(=O)(=O)c2ccc([N+](=O)[O-])c(Cl)c2C(C)(C)Br)ccc([N+](=O)[O-])c1Cl. The zero-order valence-corrected chi connectivity index (χ0v) is 22.1. The van der Waals surface area contributed by atoms with Crippen molar-refractivity contribution in [2.75, 3.05) is 0 Å². The Labute approximate surface area is 205 Å². The molecule has 0 spiro atoms. The van der Waals surface area contributed by atoms with Gasteiger partial charge < -0.3 is 0 Å². The molecule has 31 heavy (non-hydrogen) atoms. The van der Waals surface area contributed by atoms with Crippen LogP contribution in [-0.4, -0.2) is 18.3 Å². The van der Waals surface area contributed by atoms with E-state index in [-0.39, 0.29) is 31.0 Å². The Morgan fingerprint density at radius 2 is 1.06 bits per heavy atom. The van der Waals surface area contributed by atoms with Gasteiger partial charge in [0.1, 0.15) is 10.0 Å². The van der Waals surface area contributed by atoms with Crippen LogP contribution in [-0.2, 0) is 18.5 Å². The molecule has 0 amide bonds. The monoisotopic (exact) mass is 616 g/mol. The van der Waals surface area contributed by atoms with Gasteiger partial charge in [-0.3, -0.25) is 20.2 Å². The van der Waals surface area contributed by atoms with Crippen LogP contribution in [0, 0.1) is 20.2 Å². The van der Waals surface area contributed by atoms with E-state index < -0.39 is 39.7 Å². The third-order valence-electron chi connectivity index (χ3n) is 4.33. The van der Waals surface area contributed by atoms with Crippen LogP contribution < -0.4 is 0 Å². The molecule has 0 heterocycles. The van der Waals surface area contributed by atoms with Gasteiger partial charge in [0.2, 0.25) is 9.84 Å². The minimum absolute atomic E-state index is 0.0174. The molecule has 168 valence electrons. The lowest BCUT2D eigenvalue weighted by molar-refractivity contribution is -0.385. The van der Waals surface area contributed by atoms with E-state index in [0.29, 0.717) is 0 Å². The van der Waals surface area contributed by atoms with Crippen LogP contribution in [0.15, 0.2) is 34.1 Å². The summed E-state index contributed by atoms with van der Waals surface area (Å²) >= 11 is 19.2. The lowest BCUT2D eigenvalue weighted by atomic mass is 10.0. The van der Waals surface area contributed by atoms with Gasteiger partial charge in [0, 0.05) is 31.9 Å². The maximum absolute atomic E-state index is 13.7. The molecule has 8 nitrogen and oxygen atoms in total. The van der Waals surface area contributed by atoms with Gasteiger partial charge in [-0.15, -0.1) is 0 Å². The summed E-state index contributed by atoms with van der Waals surface area (Å²) in [5.74, 6) is 0. The molecule has 0 bridgehead atoms. The number of halogens is 4. The zero-order chi connectivity index (χ0) is 24.1.